The summed E-state index contributed by atoms with van der Waals surface area (Å²) in [6, 6.07) is 15.5. The van der Waals surface area contributed by atoms with Gasteiger partial charge in [-0.1, -0.05) is 30.3 Å². The first-order valence-corrected chi connectivity index (χ1v) is 7.74. The molecule has 0 radical (unpaired) electrons. The summed E-state index contributed by atoms with van der Waals surface area (Å²) in [6.45, 7) is 5.98. The number of carbonyl (C=O) groups excluding carboxylic acids is 1. The van der Waals surface area contributed by atoms with Gasteiger partial charge in [-0.05, 0) is 32.0 Å². The summed E-state index contributed by atoms with van der Waals surface area (Å²) in [5, 5.41) is 0. The van der Waals surface area contributed by atoms with Crippen molar-refractivity contribution >= 4 is 17.2 Å². The Morgan fingerprint density at radius 2 is 1.59 bits per heavy atom. The van der Waals surface area contributed by atoms with Gasteiger partial charge in [-0.15, -0.1) is 0 Å². The number of ketones is 1. The zero-order valence-corrected chi connectivity index (χ0v) is 13.8. The summed E-state index contributed by atoms with van der Waals surface area (Å²) in [6.07, 6.45) is 0. The second kappa shape index (κ2) is 7.12. The Morgan fingerprint density at radius 1 is 0.955 bits per heavy atom. The molecule has 0 spiro atoms. The molecular weight excluding hydrogens is 272 g/mol. The van der Waals surface area contributed by atoms with Crippen LogP contribution in [0.1, 0.15) is 29.8 Å². The maximum Gasteiger partial charge on any atom is 0.195 e. The zero-order chi connectivity index (χ0) is 16.1. The van der Waals surface area contributed by atoms with Crippen LogP contribution in [0.2, 0.25) is 0 Å². The highest BCUT2D eigenvalue weighted by atomic mass is 16.1. The first-order valence-electron chi connectivity index (χ1n) is 7.74. The fourth-order valence-corrected chi connectivity index (χ4v) is 2.56. The topological polar surface area (TPSA) is 23.6 Å². The van der Waals surface area contributed by atoms with Gasteiger partial charge >= 0.3 is 0 Å². The predicted molar refractivity (Wildman–Crippen MR) is 94.2 cm³/mol. The van der Waals surface area contributed by atoms with E-state index in [2.05, 4.69) is 29.7 Å². The van der Waals surface area contributed by atoms with Crippen molar-refractivity contribution in [3.63, 3.8) is 0 Å². The highest BCUT2D eigenvalue weighted by Crippen LogP contribution is 2.28. The van der Waals surface area contributed by atoms with Crippen molar-refractivity contribution < 1.29 is 4.79 Å². The minimum atomic E-state index is 0.0767. The lowest BCUT2D eigenvalue weighted by molar-refractivity contribution is 0.103. The van der Waals surface area contributed by atoms with Gasteiger partial charge in [0.15, 0.2) is 5.78 Å². The average Bonchev–Trinajstić information content (AvgIpc) is 2.56. The first-order chi connectivity index (χ1) is 10.6. The van der Waals surface area contributed by atoms with E-state index >= 15 is 0 Å². The van der Waals surface area contributed by atoms with Gasteiger partial charge in [0.1, 0.15) is 0 Å². The average molecular weight is 296 g/mol. The number of nitrogens with zero attached hydrogens (tertiary/aromatic N) is 2. The van der Waals surface area contributed by atoms with Crippen LogP contribution < -0.4 is 9.80 Å². The lowest BCUT2D eigenvalue weighted by Gasteiger charge is -2.26. The van der Waals surface area contributed by atoms with Crippen LogP contribution in [0.15, 0.2) is 48.5 Å². The van der Waals surface area contributed by atoms with Gasteiger partial charge in [-0.25, -0.2) is 0 Å². The monoisotopic (exact) mass is 296 g/mol. The third kappa shape index (κ3) is 3.30. The summed E-state index contributed by atoms with van der Waals surface area (Å²) in [5.41, 5.74) is 3.60. The van der Waals surface area contributed by atoms with Gasteiger partial charge in [0, 0.05) is 49.7 Å². The normalized spacial score (nSPS) is 10.4. The molecule has 2 aromatic carbocycles. The van der Waals surface area contributed by atoms with Crippen molar-refractivity contribution in [2.24, 2.45) is 0 Å². The Kier molecular flexibility index (Phi) is 5.21. The van der Waals surface area contributed by atoms with Crippen LogP contribution in [0.5, 0.6) is 0 Å². The minimum absolute atomic E-state index is 0.0767. The van der Waals surface area contributed by atoms with E-state index in [1.165, 1.54) is 0 Å². The van der Waals surface area contributed by atoms with Crippen LogP contribution in [0.25, 0.3) is 0 Å². The molecule has 0 aliphatic rings. The van der Waals surface area contributed by atoms with E-state index in [0.717, 1.165) is 35.6 Å². The largest absolute Gasteiger partial charge is 0.378 e. The summed E-state index contributed by atoms with van der Waals surface area (Å²) in [5.74, 6) is 0.0767. The van der Waals surface area contributed by atoms with Crippen molar-refractivity contribution in [2.75, 3.05) is 37.0 Å². The molecule has 0 atom stereocenters. The van der Waals surface area contributed by atoms with E-state index in [1.54, 1.807) is 0 Å². The van der Waals surface area contributed by atoms with Gasteiger partial charge in [-0.2, -0.15) is 0 Å². The van der Waals surface area contributed by atoms with Crippen molar-refractivity contribution in [2.45, 2.75) is 13.8 Å². The lowest BCUT2D eigenvalue weighted by atomic mass is 10.00. The Morgan fingerprint density at radius 3 is 2.14 bits per heavy atom. The van der Waals surface area contributed by atoms with Crippen LogP contribution in [0, 0.1) is 0 Å². The molecule has 0 heterocycles. The molecule has 22 heavy (non-hydrogen) atoms. The van der Waals surface area contributed by atoms with Gasteiger partial charge < -0.3 is 9.80 Å². The molecule has 0 saturated carbocycles. The second-order valence-electron chi connectivity index (χ2n) is 5.46. The smallest absolute Gasteiger partial charge is 0.195 e. The quantitative estimate of drug-likeness (QED) is 0.757. The van der Waals surface area contributed by atoms with E-state index < -0.39 is 0 Å². The van der Waals surface area contributed by atoms with E-state index in [1.807, 2.05) is 56.6 Å². The molecule has 0 amide bonds. The molecule has 2 aromatic rings. The molecule has 0 aromatic heterocycles. The molecular formula is C19H24N2O. The second-order valence-corrected chi connectivity index (χ2v) is 5.46. The third-order valence-electron chi connectivity index (χ3n) is 3.88. The third-order valence-corrected chi connectivity index (χ3v) is 3.88. The highest BCUT2D eigenvalue weighted by Gasteiger charge is 2.17. The van der Waals surface area contributed by atoms with Crippen molar-refractivity contribution in [3.05, 3.63) is 59.7 Å². The molecule has 0 N–H and O–H groups in total. The van der Waals surface area contributed by atoms with Crippen LogP contribution in [-0.4, -0.2) is 33.0 Å². The number of carbonyl (C=O) groups is 1. The summed E-state index contributed by atoms with van der Waals surface area (Å²) in [7, 11) is 4.03. The van der Waals surface area contributed by atoms with Crippen molar-refractivity contribution in [3.8, 4) is 0 Å². The molecule has 2 rings (SSSR count). The fourth-order valence-electron chi connectivity index (χ4n) is 2.56. The molecule has 116 valence electrons. The van der Waals surface area contributed by atoms with E-state index in [9.17, 15) is 4.79 Å². The number of hydrogen-bond donors (Lipinski definition) is 0. The maximum atomic E-state index is 12.8. The molecule has 0 saturated heterocycles. The maximum absolute atomic E-state index is 12.8. The number of anilines is 2. The Labute approximate surface area is 133 Å². The lowest BCUT2D eigenvalue weighted by Crippen LogP contribution is -2.25. The Hall–Kier alpha value is -2.29. The molecule has 0 unspecified atom stereocenters. The fraction of sp³-hybridized carbons (Fsp3) is 0.316. The molecule has 0 bridgehead atoms. The van der Waals surface area contributed by atoms with E-state index in [4.69, 9.17) is 0 Å². The summed E-state index contributed by atoms with van der Waals surface area (Å²) in [4.78, 5) is 17.1. The molecule has 0 aliphatic carbocycles. The molecule has 0 fully saturated rings. The molecule has 3 heteroatoms. The van der Waals surface area contributed by atoms with Crippen LogP contribution in [0.4, 0.5) is 11.4 Å². The SMILES string of the molecule is CCN(CC)c1cc(N(C)C)ccc1C(=O)c1ccccc1. The van der Waals surface area contributed by atoms with Gasteiger partial charge in [0.2, 0.25) is 0 Å². The Bertz CT molecular complexity index is 631. The van der Waals surface area contributed by atoms with Gasteiger partial charge in [0.05, 0.1) is 0 Å². The number of hydrogen-bond acceptors (Lipinski definition) is 3. The van der Waals surface area contributed by atoms with Crippen LogP contribution in [0.3, 0.4) is 0 Å². The van der Waals surface area contributed by atoms with Crippen LogP contribution >= 0.6 is 0 Å². The van der Waals surface area contributed by atoms with E-state index in [-0.39, 0.29) is 5.78 Å². The summed E-state index contributed by atoms with van der Waals surface area (Å²) < 4.78 is 0. The summed E-state index contributed by atoms with van der Waals surface area (Å²) >= 11 is 0. The number of benzene rings is 2. The zero-order valence-electron chi connectivity index (χ0n) is 13.8. The standard InChI is InChI=1S/C19H24N2O/c1-5-21(6-2)18-14-16(20(3)4)12-13-17(18)19(22)15-10-8-7-9-11-15/h7-14H,5-6H2,1-4H3. The Balaban J connectivity index is 2.52. The molecule has 3 nitrogen and oxygen atoms in total. The van der Waals surface area contributed by atoms with Gasteiger partial charge in [0.25, 0.3) is 0 Å². The van der Waals surface area contributed by atoms with Crippen molar-refractivity contribution in [1.29, 1.82) is 0 Å². The predicted octanol–water partition coefficient (Wildman–Crippen LogP) is 3.83. The molecule has 0 aliphatic heterocycles. The van der Waals surface area contributed by atoms with Crippen molar-refractivity contribution in [1.82, 2.24) is 0 Å². The van der Waals surface area contributed by atoms with E-state index in [0.29, 0.717) is 0 Å². The van der Waals surface area contributed by atoms with Crippen LogP contribution in [-0.2, 0) is 0 Å². The van der Waals surface area contributed by atoms with Gasteiger partial charge in [-0.3, -0.25) is 4.79 Å². The number of rotatable bonds is 6. The first kappa shape index (κ1) is 16.1. The highest BCUT2D eigenvalue weighted by molar-refractivity contribution is 6.12. The minimum Gasteiger partial charge on any atom is -0.378 e.